The molecule has 0 bridgehead atoms. The number of rotatable bonds is 8. The summed E-state index contributed by atoms with van der Waals surface area (Å²) >= 11 is 5.84. The van der Waals surface area contributed by atoms with Gasteiger partial charge in [-0.25, -0.2) is 0 Å². The van der Waals surface area contributed by atoms with Crippen molar-refractivity contribution in [3.05, 3.63) is 64.7 Å². The molecule has 0 saturated carbocycles. The fourth-order valence-corrected chi connectivity index (χ4v) is 2.77. The van der Waals surface area contributed by atoms with E-state index in [0.717, 1.165) is 11.3 Å². The molecule has 0 spiro atoms. The van der Waals surface area contributed by atoms with E-state index in [1.807, 2.05) is 24.3 Å². The molecule has 0 aromatic heterocycles. The van der Waals surface area contributed by atoms with E-state index in [-0.39, 0.29) is 35.8 Å². The Balaban J connectivity index is 0.00000480. The van der Waals surface area contributed by atoms with Crippen molar-refractivity contribution in [3.8, 4) is 0 Å². The lowest BCUT2D eigenvalue weighted by molar-refractivity contribution is -0.116. The molecule has 0 aliphatic rings. The molecule has 2 rings (SSSR count). The number of hydrogen-bond donors (Lipinski definition) is 3. The van der Waals surface area contributed by atoms with Crippen LogP contribution in [-0.2, 0) is 11.3 Å². The summed E-state index contributed by atoms with van der Waals surface area (Å²) in [5, 5.41) is 9.88. The fourth-order valence-electron chi connectivity index (χ4n) is 2.64. The predicted octanol–water partition coefficient (Wildman–Crippen LogP) is 3.74. The zero-order valence-electron chi connectivity index (χ0n) is 17.9. The summed E-state index contributed by atoms with van der Waals surface area (Å²) in [6.45, 7) is 1.19. The smallest absolute Gasteiger partial charge is 0.253 e. The van der Waals surface area contributed by atoms with Gasteiger partial charge in [0.15, 0.2) is 5.96 Å². The van der Waals surface area contributed by atoms with E-state index in [1.54, 1.807) is 50.3 Å². The van der Waals surface area contributed by atoms with Gasteiger partial charge in [-0.15, -0.1) is 24.0 Å². The number of hydrogen-bond acceptors (Lipinski definition) is 3. The lowest BCUT2D eigenvalue weighted by atomic mass is 10.1. The second-order valence-corrected chi connectivity index (χ2v) is 7.34. The van der Waals surface area contributed by atoms with E-state index >= 15 is 0 Å². The Hall–Kier alpha value is -2.33. The van der Waals surface area contributed by atoms with Crippen molar-refractivity contribution in [2.45, 2.75) is 19.4 Å². The number of aliphatic imine (C=N–C) groups is 1. The Labute approximate surface area is 205 Å². The summed E-state index contributed by atoms with van der Waals surface area (Å²) in [5.41, 5.74) is 2.42. The van der Waals surface area contributed by atoms with E-state index in [1.165, 1.54) is 0 Å². The van der Waals surface area contributed by atoms with E-state index in [9.17, 15) is 9.59 Å². The summed E-state index contributed by atoms with van der Waals surface area (Å²) in [6, 6.07) is 14.5. The van der Waals surface area contributed by atoms with Crippen molar-refractivity contribution in [1.29, 1.82) is 0 Å². The number of guanidine groups is 1. The largest absolute Gasteiger partial charge is 0.356 e. The van der Waals surface area contributed by atoms with Crippen LogP contribution in [0.4, 0.5) is 5.69 Å². The molecule has 31 heavy (non-hydrogen) atoms. The Kier molecular flexibility index (Phi) is 11.9. The van der Waals surface area contributed by atoms with Crippen molar-refractivity contribution in [2.75, 3.05) is 33.0 Å². The average Bonchev–Trinajstić information content (AvgIpc) is 2.74. The molecular weight excluding hydrogens is 529 g/mol. The van der Waals surface area contributed by atoms with Crippen molar-refractivity contribution >= 4 is 59.0 Å². The Bertz CT molecular complexity index is 870. The van der Waals surface area contributed by atoms with Crippen LogP contribution in [-0.4, -0.2) is 50.4 Å². The molecule has 2 aromatic rings. The minimum Gasteiger partial charge on any atom is -0.356 e. The summed E-state index contributed by atoms with van der Waals surface area (Å²) in [4.78, 5) is 29.7. The second kappa shape index (κ2) is 13.9. The highest BCUT2D eigenvalue weighted by Crippen LogP contribution is 2.13. The minimum atomic E-state index is -0.0468. The highest BCUT2D eigenvalue weighted by Gasteiger charge is 2.07. The van der Waals surface area contributed by atoms with Crippen LogP contribution in [0.25, 0.3) is 0 Å². The fraction of sp³-hybridized carbons (Fsp3) is 0.318. The molecule has 7 nitrogen and oxygen atoms in total. The molecule has 0 aliphatic carbocycles. The first-order valence-corrected chi connectivity index (χ1v) is 10.1. The van der Waals surface area contributed by atoms with Gasteiger partial charge in [0.2, 0.25) is 5.91 Å². The van der Waals surface area contributed by atoms with Gasteiger partial charge in [0, 0.05) is 56.9 Å². The maximum absolute atomic E-state index is 12.0. The molecule has 0 fully saturated rings. The molecule has 0 aliphatic heterocycles. The molecular formula is C22H29ClIN5O2. The summed E-state index contributed by atoms with van der Waals surface area (Å²) in [5.74, 6) is 0.586. The average molecular weight is 558 g/mol. The van der Waals surface area contributed by atoms with Crippen LogP contribution in [0, 0.1) is 0 Å². The number of benzene rings is 2. The minimum absolute atomic E-state index is 0. The van der Waals surface area contributed by atoms with Crippen LogP contribution in [0.15, 0.2) is 53.5 Å². The molecule has 168 valence electrons. The number of carbonyl (C=O) groups excluding carboxylic acids is 2. The molecule has 2 amide bonds. The van der Waals surface area contributed by atoms with Gasteiger partial charge in [-0.05, 0) is 48.4 Å². The lowest BCUT2D eigenvalue weighted by Gasteiger charge is -2.13. The molecule has 0 unspecified atom stereocenters. The summed E-state index contributed by atoms with van der Waals surface area (Å²) in [7, 11) is 5.16. The quantitative estimate of drug-likeness (QED) is 0.200. The molecule has 2 aromatic carbocycles. The van der Waals surface area contributed by atoms with E-state index < -0.39 is 0 Å². The number of carbonyl (C=O) groups is 2. The molecule has 0 heterocycles. The molecule has 0 atom stereocenters. The van der Waals surface area contributed by atoms with E-state index in [4.69, 9.17) is 11.6 Å². The van der Waals surface area contributed by atoms with Gasteiger partial charge in [0.1, 0.15) is 0 Å². The Morgan fingerprint density at radius 1 is 1.00 bits per heavy atom. The third-order valence-electron chi connectivity index (χ3n) is 4.29. The molecule has 0 saturated heterocycles. The lowest BCUT2D eigenvalue weighted by Crippen LogP contribution is -2.37. The normalized spacial score (nSPS) is 10.6. The Morgan fingerprint density at radius 2 is 1.65 bits per heavy atom. The summed E-state index contributed by atoms with van der Waals surface area (Å²) in [6.07, 6.45) is 1.06. The van der Waals surface area contributed by atoms with Crippen molar-refractivity contribution in [2.24, 2.45) is 4.99 Å². The maximum atomic E-state index is 12.0. The Morgan fingerprint density at radius 3 is 2.23 bits per heavy atom. The van der Waals surface area contributed by atoms with Crippen LogP contribution in [0.2, 0.25) is 5.02 Å². The van der Waals surface area contributed by atoms with Gasteiger partial charge in [0.25, 0.3) is 5.91 Å². The topological polar surface area (TPSA) is 85.8 Å². The zero-order valence-corrected chi connectivity index (χ0v) is 21.0. The monoisotopic (exact) mass is 557 g/mol. The van der Waals surface area contributed by atoms with Gasteiger partial charge in [0.05, 0.1) is 0 Å². The highest BCUT2D eigenvalue weighted by atomic mass is 127. The molecule has 0 radical (unpaired) electrons. The first-order valence-electron chi connectivity index (χ1n) is 9.69. The van der Waals surface area contributed by atoms with Crippen LogP contribution in [0.5, 0.6) is 0 Å². The van der Waals surface area contributed by atoms with Crippen molar-refractivity contribution in [3.63, 3.8) is 0 Å². The SMILES string of the molecule is CN=C(NCCCC(=O)Nc1ccc(Cl)cc1)NCc1ccc(C(=O)N(C)C)cc1.I. The highest BCUT2D eigenvalue weighted by molar-refractivity contribution is 14.0. The standard InChI is InChI=1S/C22H28ClN5O2.HI/c1-24-22(26-15-16-6-8-17(9-7-16)21(30)28(2)3)25-14-4-5-20(29)27-19-12-10-18(23)11-13-19;/h6-13H,4-5,14-15H2,1-3H3,(H,27,29)(H2,24,25,26);1H. The first-order chi connectivity index (χ1) is 14.4. The number of halogens is 2. The van der Waals surface area contributed by atoms with Gasteiger partial charge < -0.3 is 20.9 Å². The maximum Gasteiger partial charge on any atom is 0.253 e. The molecule has 9 heteroatoms. The van der Waals surface area contributed by atoms with Crippen LogP contribution in [0.3, 0.4) is 0 Å². The van der Waals surface area contributed by atoms with Crippen molar-refractivity contribution < 1.29 is 9.59 Å². The third kappa shape index (κ3) is 9.56. The van der Waals surface area contributed by atoms with Crippen LogP contribution >= 0.6 is 35.6 Å². The van der Waals surface area contributed by atoms with Gasteiger partial charge in [-0.2, -0.15) is 0 Å². The van der Waals surface area contributed by atoms with Gasteiger partial charge in [-0.1, -0.05) is 23.7 Å². The number of nitrogens with one attached hydrogen (secondary N) is 3. The van der Waals surface area contributed by atoms with Crippen molar-refractivity contribution in [1.82, 2.24) is 15.5 Å². The molecule has 3 N–H and O–H groups in total. The second-order valence-electron chi connectivity index (χ2n) is 6.91. The van der Waals surface area contributed by atoms with E-state index in [0.29, 0.717) is 42.5 Å². The van der Waals surface area contributed by atoms with Gasteiger partial charge >= 0.3 is 0 Å². The summed E-state index contributed by atoms with van der Waals surface area (Å²) < 4.78 is 0. The van der Waals surface area contributed by atoms with Gasteiger partial charge in [-0.3, -0.25) is 14.6 Å². The number of anilines is 1. The predicted molar refractivity (Wildman–Crippen MR) is 137 cm³/mol. The first kappa shape index (κ1) is 26.7. The van der Waals surface area contributed by atoms with Crippen LogP contribution in [0.1, 0.15) is 28.8 Å². The van der Waals surface area contributed by atoms with Crippen LogP contribution < -0.4 is 16.0 Å². The number of nitrogens with zero attached hydrogens (tertiary/aromatic N) is 2. The zero-order chi connectivity index (χ0) is 21.9. The third-order valence-corrected chi connectivity index (χ3v) is 4.54. The number of amides is 2. The van der Waals surface area contributed by atoms with E-state index in [2.05, 4.69) is 20.9 Å².